The van der Waals surface area contributed by atoms with Crippen LogP contribution in [0, 0.1) is 0 Å². The average molecular weight is 664 g/mol. The van der Waals surface area contributed by atoms with Crippen molar-refractivity contribution in [1.29, 1.82) is 0 Å². The van der Waals surface area contributed by atoms with Gasteiger partial charge in [0.1, 0.15) is 5.69 Å². The Morgan fingerprint density at radius 1 is 1.00 bits per heavy atom. The number of aromatic amines is 1. The molecule has 2 atom stereocenters. The Morgan fingerprint density at radius 3 is 2.53 bits per heavy atom. The van der Waals surface area contributed by atoms with Crippen molar-refractivity contribution in [3.05, 3.63) is 130 Å². The molecule has 1 aliphatic heterocycles. The topological polar surface area (TPSA) is 92.0 Å². The molecule has 1 saturated heterocycles. The number of nitrogens with two attached hydrogens (primary N) is 1. The first-order chi connectivity index (χ1) is 22.9. The number of carbonyl (C=O) groups excluding carboxylic acids is 1. The molecule has 0 saturated carbocycles. The molecular weight excluding hydrogens is 627 g/mol. The number of hydrogen-bond donors (Lipinski definition) is 3. The molecule has 9 heteroatoms. The summed E-state index contributed by atoms with van der Waals surface area (Å²) in [4.78, 5) is 25.2. The zero-order valence-corrected chi connectivity index (χ0v) is 27.6. The molecule has 0 bridgehead atoms. The fraction of sp³-hybridized carbons (Fsp3) is 0.211. The number of piperidine rings is 1. The van der Waals surface area contributed by atoms with E-state index in [1.54, 1.807) is 0 Å². The van der Waals surface area contributed by atoms with E-state index >= 15 is 0 Å². The fourth-order valence-electron chi connectivity index (χ4n) is 6.64. The molecule has 0 radical (unpaired) electrons. The minimum absolute atomic E-state index is 0.114. The van der Waals surface area contributed by atoms with E-state index in [-0.39, 0.29) is 18.0 Å². The molecule has 0 aliphatic carbocycles. The molecule has 6 aromatic rings. The Balaban J connectivity index is 1.36. The van der Waals surface area contributed by atoms with Gasteiger partial charge < -0.3 is 20.6 Å². The Morgan fingerprint density at radius 2 is 1.74 bits per heavy atom. The smallest absolute Gasteiger partial charge is 0.272 e. The van der Waals surface area contributed by atoms with Crippen LogP contribution in [0.4, 0.5) is 5.69 Å². The van der Waals surface area contributed by atoms with E-state index in [1.807, 2.05) is 97.3 Å². The summed E-state index contributed by atoms with van der Waals surface area (Å²) in [6.07, 6.45) is 3.97. The minimum atomic E-state index is -0.249. The van der Waals surface area contributed by atoms with E-state index in [0.717, 1.165) is 76.2 Å². The largest absolute Gasteiger partial charge is 0.350 e. The van der Waals surface area contributed by atoms with Crippen molar-refractivity contribution in [2.24, 2.45) is 5.73 Å². The molecule has 1 amide bonds. The summed E-state index contributed by atoms with van der Waals surface area (Å²) in [5.41, 5.74) is 13.7. The Kier molecular flexibility index (Phi) is 8.88. The summed E-state index contributed by atoms with van der Waals surface area (Å²) in [7, 11) is 0. The lowest BCUT2D eigenvalue weighted by Crippen LogP contribution is -2.42. The third-order valence-electron chi connectivity index (χ3n) is 9.04. The maximum Gasteiger partial charge on any atom is 0.272 e. The SMILES string of the molecule is CC(c1ccc(Cl)cc1)n1cnc(-c2ccccc2)c1-c1c(C(=O)Nc2ccccc2CN2CCC[C@H](N)C2)[nH]c2cc(Cl)ccc12. The Labute approximate surface area is 284 Å². The molecule has 3 heterocycles. The molecule has 4 aromatic carbocycles. The van der Waals surface area contributed by atoms with Gasteiger partial charge in [0.05, 0.1) is 23.8 Å². The molecule has 2 aromatic heterocycles. The van der Waals surface area contributed by atoms with E-state index in [9.17, 15) is 4.79 Å². The summed E-state index contributed by atoms with van der Waals surface area (Å²) in [5, 5.41) is 5.37. The molecule has 47 heavy (non-hydrogen) atoms. The lowest BCUT2D eigenvalue weighted by Gasteiger charge is -2.31. The fourth-order valence-corrected chi connectivity index (χ4v) is 6.94. The third kappa shape index (κ3) is 6.45. The molecule has 4 N–H and O–H groups in total. The zero-order chi connectivity index (χ0) is 32.5. The van der Waals surface area contributed by atoms with E-state index in [0.29, 0.717) is 22.3 Å². The molecule has 7 nitrogen and oxygen atoms in total. The highest BCUT2D eigenvalue weighted by molar-refractivity contribution is 6.31. The number of anilines is 1. The van der Waals surface area contributed by atoms with Crippen LogP contribution in [0.3, 0.4) is 0 Å². The van der Waals surface area contributed by atoms with Crippen LogP contribution in [0.1, 0.15) is 47.4 Å². The summed E-state index contributed by atoms with van der Waals surface area (Å²) < 4.78 is 2.13. The number of benzene rings is 4. The summed E-state index contributed by atoms with van der Waals surface area (Å²) in [6, 6.07) is 31.6. The number of imidazole rings is 1. The molecule has 1 unspecified atom stereocenters. The number of carbonyl (C=O) groups is 1. The summed E-state index contributed by atoms with van der Waals surface area (Å²) >= 11 is 12.7. The number of para-hydroxylation sites is 1. The van der Waals surface area contributed by atoms with Gasteiger partial charge in [0, 0.05) is 56.9 Å². The maximum atomic E-state index is 14.5. The number of rotatable bonds is 8. The first-order valence-electron chi connectivity index (χ1n) is 15.9. The van der Waals surface area contributed by atoms with E-state index < -0.39 is 0 Å². The van der Waals surface area contributed by atoms with Crippen molar-refractivity contribution in [1.82, 2.24) is 19.4 Å². The zero-order valence-electron chi connectivity index (χ0n) is 26.1. The van der Waals surface area contributed by atoms with Crippen LogP contribution in [0.5, 0.6) is 0 Å². The highest BCUT2D eigenvalue weighted by Gasteiger charge is 2.28. The second kappa shape index (κ2) is 13.4. The number of aromatic nitrogens is 3. The van der Waals surface area contributed by atoms with E-state index in [4.69, 9.17) is 33.9 Å². The van der Waals surface area contributed by atoms with Crippen molar-refractivity contribution in [2.45, 2.75) is 38.4 Å². The molecule has 238 valence electrons. The maximum absolute atomic E-state index is 14.5. The Bertz CT molecular complexity index is 2040. The van der Waals surface area contributed by atoms with Gasteiger partial charge in [0.2, 0.25) is 0 Å². The first-order valence-corrected chi connectivity index (χ1v) is 16.7. The van der Waals surface area contributed by atoms with Crippen LogP contribution >= 0.6 is 23.2 Å². The van der Waals surface area contributed by atoms with Crippen molar-refractivity contribution >= 4 is 45.7 Å². The number of likely N-dealkylation sites (tertiary alicyclic amines) is 1. The lowest BCUT2D eigenvalue weighted by atomic mass is 9.99. The van der Waals surface area contributed by atoms with Crippen molar-refractivity contribution < 1.29 is 4.79 Å². The summed E-state index contributed by atoms with van der Waals surface area (Å²) in [5.74, 6) is -0.249. The normalized spacial score (nSPS) is 16.0. The van der Waals surface area contributed by atoms with Gasteiger partial charge >= 0.3 is 0 Å². The predicted octanol–water partition coefficient (Wildman–Crippen LogP) is 8.79. The van der Waals surface area contributed by atoms with Gasteiger partial charge in [-0.05, 0) is 67.8 Å². The van der Waals surface area contributed by atoms with Crippen LogP contribution in [0.2, 0.25) is 10.0 Å². The first kappa shape index (κ1) is 31.2. The minimum Gasteiger partial charge on any atom is -0.350 e. The van der Waals surface area contributed by atoms with Crippen molar-refractivity contribution in [3.8, 4) is 22.5 Å². The van der Waals surface area contributed by atoms with Gasteiger partial charge in [-0.3, -0.25) is 9.69 Å². The van der Waals surface area contributed by atoms with Gasteiger partial charge in [-0.2, -0.15) is 0 Å². The predicted molar refractivity (Wildman–Crippen MR) is 192 cm³/mol. The number of H-pyrrole nitrogens is 1. The van der Waals surface area contributed by atoms with Gasteiger partial charge in [-0.1, -0.05) is 89.9 Å². The number of halogens is 2. The van der Waals surface area contributed by atoms with Crippen LogP contribution in [0.25, 0.3) is 33.4 Å². The van der Waals surface area contributed by atoms with Crippen LogP contribution in [-0.2, 0) is 6.54 Å². The highest BCUT2D eigenvalue weighted by atomic mass is 35.5. The number of nitrogens with one attached hydrogen (secondary N) is 2. The Hall–Kier alpha value is -4.40. The van der Waals surface area contributed by atoms with E-state index in [1.165, 1.54) is 0 Å². The number of amides is 1. The second-order valence-electron chi connectivity index (χ2n) is 12.3. The van der Waals surface area contributed by atoms with Gasteiger partial charge in [0.15, 0.2) is 0 Å². The molecular formula is C38H36Cl2N6O. The quantitative estimate of drug-likeness (QED) is 0.152. The average Bonchev–Trinajstić information content (AvgIpc) is 3.67. The molecule has 7 rings (SSSR count). The third-order valence-corrected chi connectivity index (χ3v) is 9.52. The summed E-state index contributed by atoms with van der Waals surface area (Å²) in [6.45, 7) is 4.66. The number of fused-ring (bicyclic) bond motifs is 1. The number of hydrogen-bond acceptors (Lipinski definition) is 4. The lowest BCUT2D eigenvalue weighted by molar-refractivity contribution is 0.102. The van der Waals surface area contributed by atoms with E-state index in [2.05, 4.69) is 32.8 Å². The second-order valence-corrected chi connectivity index (χ2v) is 13.1. The molecule has 1 aliphatic rings. The van der Waals surface area contributed by atoms with Crippen LogP contribution in [0.15, 0.2) is 103 Å². The highest BCUT2D eigenvalue weighted by Crippen LogP contribution is 2.41. The number of nitrogens with zero attached hydrogens (tertiary/aromatic N) is 3. The van der Waals surface area contributed by atoms with Crippen LogP contribution in [-0.4, -0.2) is 44.5 Å². The molecule has 1 fully saturated rings. The van der Waals surface area contributed by atoms with Crippen LogP contribution < -0.4 is 11.1 Å². The van der Waals surface area contributed by atoms with Gasteiger partial charge in [-0.15, -0.1) is 0 Å². The van der Waals surface area contributed by atoms with Gasteiger partial charge in [-0.25, -0.2) is 4.98 Å². The van der Waals surface area contributed by atoms with Crippen molar-refractivity contribution in [3.63, 3.8) is 0 Å². The molecule has 0 spiro atoms. The van der Waals surface area contributed by atoms with Gasteiger partial charge in [0.25, 0.3) is 5.91 Å². The van der Waals surface area contributed by atoms with Crippen molar-refractivity contribution in [2.75, 3.05) is 18.4 Å². The monoisotopic (exact) mass is 662 g/mol. The standard InChI is InChI=1S/C38H36Cl2N6O/c1-24(25-13-15-28(39)16-14-25)46-23-42-35(26-8-3-2-4-9-26)37(46)34-31-18-17-29(40)20-33(31)43-36(34)38(47)44-32-12-6-5-10-27(32)21-45-19-7-11-30(41)22-45/h2-6,8-10,12-18,20,23-24,30,43H,7,11,19,21-22,41H2,1H3,(H,44,47)/t24?,30-/m0/s1.